The number of nitrogen functional groups attached to an aromatic ring is 1. The predicted molar refractivity (Wildman–Crippen MR) is 95.9 cm³/mol. The van der Waals surface area contributed by atoms with Crippen LogP contribution in [0, 0.1) is 0 Å². The van der Waals surface area contributed by atoms with Crippen LogP contribution in [0.2, 0.25) is 0 Å². The molecule has 4 rings (SSSR count). The maximum absolute atomic E-state index is 11.9. The fraction of sp³-hybridized carbons (Fsp3) is 0.200. The molecular formula is C20H19N3O. The van der Waals surface area contributed by atoms with Gasteiger partial charge in [-0.3, -0.25) is 9.36 Å². The van der Waals surface area contributed by atoms with Gasteiger partial charge in [0.1, 0.15) is 0 Å². The Bertz CT molecular complexity index is 929. The largest absolute Gasteiger partial charge is 0.369 e. The summed E-state index contributed by atoms with van der Waals surface area (Å²) in [4.78, 5) is 16.3. The van der Waals surface area contributed by atoms with Crippen molar-refractivity contribution < 1.29 is 0 Å². The van der Waals surface area contributed by atoms with Gasteiger partial charge in [-0.2, -0.15) is 0 Å². The summed E-state index contributed by atoms with van der Waals surface area (Å²) in [5.74, 6) is 1.00. The van der Waals surface area contributed by atoms with E-state index in [1.807, 2.05) is 18.2 Å². The third kappa shape index (κ3) is 2.60. The van der Waals surface area contributed by atoms with Crippen LogP contribution < -0.4 is 11.3 Å². The number of aromatic nitrogens is 2. The molecule has 0 saturated heterocycles. The second-order valence-electron chi connectivity index (χ2n) is 6.37. The zero-order chi connectivity index (χ0) is 16.7. The molecule has 3 aromatic rings. The molecule has 0 spiro atoms. The van der Waals surface area contributed by atoms with Crippen LogP contribution >= 0.6 is 0 Å². The van der Waals surface area contributed by atoms with Crippen molar-refractivity contribution in [1.82, 2.24) is 9.55 Å². The maximum Gasteiger partial charge on any atom is 0.254 e. The molecule has 2 atom stereocenters. The van der Waals surface area contributed by atoms with Crippen LogP contribution in [0.15, 0.2) is 65.5 Å². The highest BCUT2D eigenvalue weighted by Crippen LogP contribution is 2.54. The van der Waals surface area contributed by atoms with Crippen molar-refractivity contribution >= 4 is 5.95 Å². The van der Waals surface area contributed by atoms with Crippen molar-refractivity contribution in [3.05, 3.63) is 82.3 Å². The molecule has 2 N–H and O–H groups in total. The Kier molecular flexibility index (Phi) is 3.45. The highest BCUT2D eigenvalue weighted by molar-refractivity contribution is 5.63. The molecule has 0 aliphatic heterocycles. The first-order valence-corrected chi connectivity index (χ1v) is 8.12. The molecule has 1 aliphatic rings. The lowest BCUT2D eigenvalue weighted by molar-refractivity contribution is 0.813. The summed E-state index contributed by atoms with van der Waals surface area (Å²) in [5.41, 5.74) is 10.3. The molecule has 4 heteroatoms. The maximum atomic E-state index is 11.9. The van der Waals surface area contributed by atoms with Gasteiger partial charge < -0.3 is 5.73 Å². The third-order valence-electron chi connectivity index (χ3n) is 4.81. The molecule has 0 radical (unpaired) electrons. The van der Waals surface area contributed by atoms with Gasteiger partial charge in [-0.05, 0) is 29.0 Å². The van der Waals surface area contributed by atoms with E-state index in [0.717, 1.165) is 12.1 Å². The van der Waals surface area contributed by atoms with Crippen molar-refractivity contribution in [1.29, 1.82) is 0 Å². The highest BCUT2D eigenvalue weighted by atomic mass is 16.1. The molecule has 0 bridgehead atoms. The van der Waals surface area contributed by atoms with Crippen LogP contribution in [0.5, 0.6) is 0 Å². The van der Waals surface area contributed by atoms with E-state index in [-0.39, 0.29) is 11.5 Å². The molecule has 1 aromatic heterocycles. The lowest BCUT2D eigenvalue weighted by Crippen LogP contribution is -2.21. The predicted octanol–water partition coefficient (Wildman–Crippen LogP) is 3.30. The zero-order valence-electron chi connectivity index (χ0n) is 13.5. The number of nitrogens with zero attached hydrogens (tertiary/aromatic N) is 2. The average molecular weight is 317 g/mol. The van der Waals surface area contributed by atoms with E-state index in [4.69, 9.17) is 5.73 Å². The molecule has 1 heterocycles. The Morgan fingerprint density at radius 1 is 1.00 bits per heavy atom. The van der Waals surface area contributed by atoms with E-state index >= 15 is 0 Å². The summed E-state index contributed by atoms with van der Waals surface area (Å²) >= 11 is 0. The van der Waals surface area contributed by atoms with Gasteiger partial charge in [0.25, 0.3) is 5.56 Å². The van der Waals surface area contributed by atoms with E-state index in [1.54, 1.807) is 13.1 Å². The molecule has 1 aliphatic carbocycles. The number of nitrogens with two attached hydrogens (primary N) is 1. The number of benzene rings is 2. The highest BCUT2D eigenvalue weighted by Gasteiger charge is 2.41. The normalized spacial score (nSPS) is 19.2. The molecule has 24 heavy (non-hydrogen) atoms. The topological polar surface area (TPSA) is 60.9 Å². The lowest BCUT2D eigenvalue weighted by Gasteiger charge is -2.06. The molecule has 1 saturated carbocycles. The Labute approximate surface area is 140 Å². The summed E-state index contributed by atoms with van der Waals surface area (Å²) in [5, 5.41) is 0. The number of anilines is 1. The van der Waals surface area contributed by atoms with Crippen LogP contribution in [0.25, 0.3) is 11.1 Å². The van der Waals surface area contributed by atoms with Crippen LogP contribution in [0.3, 0.4) is 0 Å². The third-order valence-corrected chi connectivity index (χ3v) is 4.81. The summed E-state index contributed by atoms with van der Waals surface area (Å²) in [6.45, 7) is 0. The van der Waals surface area contributed by atoms with Crippen molar-refractivity contribution in [3.8, 4) is 11.1 Å². The van der Waals surface area contributed by atoms with Gasteiger partial charge in [-0.1, -0.05) is 54.6 Å². The smallest absolute Gasteiger partial charge is 0.254 e. The fourth-order valence-electron chi connectivity index (χ4n) is 3.21. The van der Waals surface area contributed by atoms with Crippen LogP contribution in [0.1, 0.15) is 29.5 Å². The first kappa shape index (κ1) is 14.7. The van der Waals surface area contributed by atoms with E-state index in [9.17, 15) is 4.79 Å². The van der Waals surface area contributed by atoms with Gasteiger partial charge >= 0.3 is 0 Å². The van der Waals surface area contributed by atoms with Gasteiger partial charge in [0, 0.05) is 19.0 Å². The SMILES string of the molecule is Cn1c(N)nc([C@H]2C[C@H]2c2ccc(-c3ccccc3)cc2)cc1=O. The summed E-state index contributed by atoms with van der Waals surface area (Å²) in [7, 11) is 1.64. The lowest BCUT2D eigenvalue weighted by atomic mass is 10.0. The molecular weight excluding hydrogens is 298 g/mol. The van der Waals surface area contributed by atoms with E-state index < -0.39 is 0 Å². The van der Waals surface area contributed by atoms with E-state index in [1.165, 1.54) is 21.3 Å². The van der Waals surface area contributed by atoms with Crippen molar-refractivity contribution in [2.45, 2.75) is 18.3 Å². The van der Waals surface area contributed by atoms with E-state index in [0.29, 0.717) is 11.8 Å². The second kappa shape index (κ2) is 5.64. The minimum Gasteiger partial charge on any atom is -0.369 e. The monoisotopic (exact) mass is 317 g/mol. The minimum absolute atomic E-state index is 0.0948. The zero-order valence-corrected chi connectivity index (χ0v) is 13.5. The number of hydrogen-bond donors (Lipinski definition) is 1. The molecule has 0 unspecified atom stereocenters. The summed E-state index contributed by atoms with van der Waals surface area (Å²) < 4.78 is 1.37. The Morgan fingerprint density at radius 3 is 2.33 bits per heavy atom. The van der Waals surface area contributed by atoms with Crippen LogP contribution in [-0.4, -0.2) is 9.55 Å². The minimum atomic E-state index is -0.0948. The van der Waals surface area contributed by atoms with Gasteiger partial charge in [0.2, 0.25) is 5.95 Å². The Morgan fingerprint density at radius 2 is 1.67 bits per heavy atom. The second-order valence-corrected chi connectivity index (χ2v) is 6.37. The van der Waals surface area contributed by atoms with Gasteiger partial charge in [0.15, 0.2) is 0 Å². The number of hydrogen-bond acceptors (Lipinski definition) is 3. The fourth-order valence-corrected chi connectivity index (χ4v) is 3.21. The van der Waals surface area contributed by atoms with Crippen LogP contribution in [0.4, 0.5) is 5.95 Å². The molecule has 0 amide bonds. The van der Waals surface area contributed by atoms with Crippen LogP contribution in [-0.2, 0) is 7.05 Å². The van der Waals surface area contributed by atoms with Crippen molar-refractivity contribution in [2.24, 2.45) is 7.05 Å². The van der Waals surface area contributed by atoms with Gasteiger partial charge in [-0.25, -0.2) is 4.98 Å². The molecule has 2 aromatic carbocycles. The summed E-state index contributed by atoms with van der Waals surface area (Å²) in [6, 6.07) is 20.6. The molecule has 1 fully saturated rings. The van der Waals surface area contributed by atoms with Crippen molar-refractivity contribution in [3.63, 3.8) is 0 Å². The van der Waals surface area contributed by atoms with Crippen molar-refractivity contribution in [2.75, 3.05) is 5.73 Å². The molecule has 120 valence electrons. The standard InChI is InChI=1S/C20H19N3O/c1-23-19(24)12-18(22-20(23)21)17-11-16(17)15-9-7-14(8-10-15)13-5-3-2-4-6-13/h2-10,12,16-17H,11H2,1H3,(H2,21,22)/t16-,17-/m0/s1. The molecule has 4 nitrogen and oxygen atoms in total. The average Bonchev–Trinajstić information content (AvgIpc) is 3.41. The van der Waals surface area contributed by atoms with E-state index in [2.05, 4.69) is 41.4 Å². The first-order chi connectivity index (χ1) is 11.6. The Hall–Kier alpha value is -2.88. The quantitative estimate of drug-likeness (QED) is 0.806. The van der Waals surface area contributed by atoms with Gasteiger partial charge in [0.05, 0.1) is 5.69 Å². The van der Waals surface area contributed by atoms with Gasteiger partial charge in [-0.15, -0.1) is 0 Å². The number of rotatable bonds is 3. The first-order valence-electron chi connectivity index (χ1n) is 8.12. The summed E-state index contributed by atoms with van der Waals surface area (Å²) in [6.07, 6.45) is 1.02. The Balaban J connectivity index is 1.56.